The monoisotopic (exact) mass is 519 g/mol. The van der Waals surface area contributed by atoms with Crippen LogP contribution in [0.15, 0.2) is 36.5 Å². The third kappa shape index (κ3) is 8.81. The van der Waals surface area contributed by atoms with Crippen molar-refractivity contribution in [2.75, 3.05) is 46.6 Å². The maximum absolute atomic E-state index is 12.2. The van der Waals surface area contributed by atoms with Gasteiger partial charge >= 0.3 is 17.9 Å². The van der Waals surface area contributed by atoms with Crippen LogP contribution in [0, 0.1) is 16.0 Å². The van der Waals surface area contributed by atoms with Gasteiger partial charge in [-0.05, 0) is 42.3 Å². The van der Waals surface area contributed by atoms with E-state index in [1.165, 1.54) is 0 Å². The fraction of sp³-hybridized carbons (Fsp3) is 0.542. The molecule has 1 aliphatic rings. The number of hydrogen-bond acceptors (Lipinski definition) is 10. The number of aromatic nitrogens is 2. The number of benzene rings is 1. The molecular formula is C24H33N5O8. The van der Waals surface area contributed by atoms with E-state index in [9.17, 15) is 19.7 Å². The SMILES string of the molecule is COC(=O)c1cnn(CCOCCOCC[C@@H]2CNCC[C@H]2NC(=O)OCc2ccccc2)c1[N+](=O)[O-]. The quantitative estimate of drug-likeness (QED) is 0.164. The number of amides is 1. The third-order valence-electron chi connectivity index (χ3n) is 5.97. The Morgan fingerprint density at radius 2 is 1.95 bits per heavy atom. The molecule has 13 nitrogen and oxygen atoms in total. The number of ether oxygens (including phenoxy) is 4. The summed E-state index contributed by atoms with van der Waals surface area (Å²) in [6.07, 6.45) is 2.25. The molecule has 0 aliphatic carbocycles. The van der Waals surface area contributed by atoms with Crippen LogP contribution < -0.4 is 10.6 Å². The molecule has 0 radical (unpaired) electrons. The van der Waals surface area contributed by atoms with E-state index < -0.39 is 22.8 Å². The minimum atomic E-state index is -0.818. The number of carbonyl (C=O) groups is 2. The number of nitrogens with zero attached hydrogens (tertiary/aromatic N) is 3. The molecule has 13 heteroatoms. The van der Waals surface area contributed by atoms with Crippen LogP contribution in [0.25, 0.3) is 0 Å². The van der Waals surface area contributed by atoms with Crippen LogP contribution in [-0.4, -0.2) is 79.4 Å². The van der Waals surface area contributed by atoms with Crippen LogP contribution in [0.5, 0.6) is 0 Å². The lowest BCUT2D eigenvalue weighted by molar-refractivity contribution is -0.393. The van der Waals surface area contributed by atoms with E-state index in [1.54, 1.807) is 0 Å². The molecule has 1 aliphatic heterocycles. The molecule has 2 heterocycles. The van der Waals surface area contributed by atoms with E-state index in [2.05, 4.69) is 20.5 Å². The zero-order chi connectivity index (χ0) is 26.5. The van der Waals surface area contributed by atoms with Crippen LogP contribution in [0.3, 0.4) is 0 Å². The normalized spacial score (nSPS) is 17.2. The topological polar surface area (TPSA) is 156 Å². The second kappa shape index (κ2) is 14.9. The van der Waals surface area contributed by atoms with Gasteiger partial charge in [0, 0.05) is 12.6 Å². The van der Waals surface area contributed by atoms with Crippen molar-refractivity contribution in [1.29, 1.82) is 0 Å². The molecule has 2 aromatic rings. The fourth-order valence-electron chi connectivity index (χ4n) is 4.03. The molecular weight excluding hydrogens is 486 g/mol. The Balaban J connectivity index is 1.30. The molecule has 0 saturated carbocycles. The lowest BCUT2D eigenvalue weighted by Gasteiger charge is -2.32. The Morgan fingerprint density at radius 1 is 1.19 bits per heavy atom. The largest absolute Gasteiger partial charge is 0.465 e. The van der Waals surface area contributed by atoms with Crippen LogP contribution in [0.2, 0.25) is 0 Å². The number of methoxy groups -OCH3 is 1. The summed E-state index contributed by atoms with van der Waals surface area (Å²) >= 11 is 0. The Bertz CT molecular complexity index is 1020. The first kappa shape index (κ1) is 28.0. The maximum Gasteiger partial charge on any atom is 0.407 e. The van der Waals surface area contributed by atoms with Crippen molar-refractivity contribution >= 4 is 17.9 Å². The Hall–Kier alpha value is -3.55. The number of nitro groups is 1. The highest BCUT2D eigenvalue weighted by atomic mass is 16.6. The predicted molar refractivity (Wildman–Crippen MR) is 131 cm³/mol. The standard InChI is InChI=1S/C24H33N5O8/c1-34-23(30)20-16-26-28(22(20)29(32)33)10-12-36-14-13-35-11-8-19-15-25-9-7-21(19)27-24(31)37-17-18-5-3-2-4-6-18/h2-6,16,19,21,25H,7-15,17H2,1H3,(H,27,31)/t19-,21-/m1/s1. The summed E-state index contributed by atoms with van der Waals surface area (Å²) in [5.41, 5.74) is 0.731. The lowest BCUT2D eigenvalue weighted by atomic mass is 9.91. The van der Waals surface area contributed by atoms with Crippen molar-refractivity contribution in [3.05, 3.63) is 57.8 Å². The van der Waals surface area contributed by atoms with E-state index in [0.717, 1.165) is 49.5 Å². The number of hydrogen-bond donors (Lipinski definition) is 2. The van der Waals surface area contributed by atoms with E-state index in [-0.39, 0.29) is 37.3 Å². The number of rotatable bonds is 14. The van der Waals surface area contributed by atoms with Gasteiger partial charge in [-0.3, -0.25) is 0 Å². The number of piperidine rings is 1. The average Bonchev–Trinajstić information content (AvgIpc) is 3.34. The highest BCUT2D eigenvalue weighted by Crippen LogP contribution is 2.19. The molecule has 1 saturated heterocycles. The highest BCUT2D eigenvalue weighted by Gasteiger charge is 2.28. The van der Waals surface area contributed by atoms with Crippen molar-refractivity contribution in [2.24, 2.45) is 5.92 Å². The molecule has 2 atom stereocenters. The van der Waals surface area contributed by atoms with Gasteiger partial charge in [0.15, 0.2) is 5.56 Å². The first-order valence-corrected chi connectivity index (χ1v) is 12.1. The van der Waals surface area contributed by atoms with E-state index in [0.29, 0.717) is 19.8 Å². The van der Waals surface area contributed by atoms with Gasteiger partial charge in [-0.15, -0.1) is 4.68 Å². The summed E-state index contributed by atoms with van der Waals surface area (Å²) in [6, 6.07) is 9.53. The fourth-order valence-corrected chi connectivity index (χ4v) is 4.03. The summed E-state index contributed by atoms with van der Waals surface area (Å²) in [7, 11) is 1.15. The second-order valence-corrected chi connectivity index (χ2v) is 8.43. The van der Waals surface area contributed by atoms with E-state index >= 15 is 0 Å². The van der Waals surface area contributed by atoms with Crippen molar-refractivity contribution in [2.45, 2.75) is 32.0 Å². The van der Waals surface area contributed by atoms with Crippen molar-refractivity contribution in [1.82, 2.24) is 20.4 Å². The zero-order valence-electron chi connectivity index (χ0n) is 20.8. The predicted octanol–water partition coefficient (Wildman–Crippen LogP) is 1.91. The first-order chi connectivity index (χ1) is 18.0. The molecule has 1 amide bonds. The summed E-state index contributed by atoms with van der Waals surface area (Å²) in [5, 5.41) is 21.5. The summed E-state index contributed by atoms with van der Waals surface area (Å²) in [4.78, 5) is 34.5. The minimum Gasteiger partial charge on any atom is -0.465 e. The molecule has 0 bridgehead atoms. The maximum atomic E-state index is 12.2. The molecule has 37 heavy (non-hydrogen) atoms. The van der Waals surface area contributed by atoms with Gasteiger partial charge in [0.05, 0.1) is 33.1 Å². The van der Waals surface area contributed by atoms with Crippen molar-refractivity contribution in [3.63, 3.8) is 0 Å². The van der Waals surface area contributed by atoms with Crippen LogP contribution in [-0.2, 0) is 32.1 Å². The molecule has 202 valence electrons. The van der Waals surface area contributed by atoms with Gasteiger partial charge in [0.2, 0.25) is 0 Å². The number of esters is 1. The van der Waals surface area contributed by atoms with E-state index in [4.69, 9.17) is 14.2 Å². The van der Waals surface area contributed by atoms with Crippen molar-refractivity contribution < 1.29 is 33.5 Å². The van der Waals surface area contributed by atoms with Crippen LogP contribution in [0.4, 0.5) is 10.6 Å². The van der Waals surface area contributed by atoms with Crippen LogP contribution in [0.1, 0.15) is 28.8 Å². The minimum absolute atomic E-state index is 0.00381. The molecule has 3 rings (SSSR count). The third-order valence-corrected chi connectivity index (χ3v) is 5.97. The molecule has 1 aromatic heterocycles. The molecule has 0 spiro atoms. The molecule has 2 N–H and O–H groups in total. The average molecular weight is 520 g/mol. The summed E-state index contributed by atoms with van der Waals surface area (Å²) in [6.45, 7) is 3.25. The lowest BCUT2D eigenvalue weighted by Crippen LogP contribution is -2.49. The number of carbonyl (C=O) groups excluding carboxylic acids is 2. The zero-order valence-corrected chi connectivity index (χ0v) is 20.8. The first-order valence-electron chi connectivity index (χ1n) is 12.1. The van der Waals surface area contributed by atoms with Gasteiger partial charge in [0.1, 0.15) is 13.2 Å². The summed E-state index contributed by atoms with van der Waals surface area (Å²) in [5.74, 6) is -1.04. The van der Waals surface area contributed by atoms with Crippen LogP contribution >= 0.6 is 0 Å². The Labute approximate surface area is 214 Å². The van der Waals surface area contributed by atoms with Gasteiger partial charge < -0.3 is 39.7 Å². The summed E-state index contributed by atoms with van der Waals surface area (Å²) < 4.78 is 22.1. The smallest absolute Gasteiger partial charge is 0.407 e. The van der Waals surface area contributed by atoms with Gasteiger partial charge in [0.25, 0.3) is 0 Å². The highest BCUT2D eigenvalue weighted by molar-refractivity contribution is 5.92. The Morgan fingerprint density at radius 3 is 2.68 bits per heavy atom. The van der Waals surface area contributed by atoms with Gasteiger partial charge in [-0.2, -0.15) is 0 Å². The molecule has 0 unspecified atom stereocenters. The second-order valence-electron chi connectivity index (χ2n) is 8.43. The van der Waals surface area contributed by atoms with Gasteiger partial charge in [-0.25, -0.2) is 9.59 Å². The van der Waals surface area contributed by atoms with E-state index in [1.807, 2.05) is 30.3 Å². The number of alkyl carbamates (subject to hydrolysis) is 1. The molecule has 1 fully saturated rings. The van der Waals surface area contributed by atoms with Gasteiger partial charge in [-0.1, -0.05) is 35.4 Å². The number of nitrogens with one attached hydrogen (secondary N) is 2. The Kier molecular flexibility index (Phi) is 11.3. The van der Waals surface area contributed by atoms with Crippen molar-refractivity contribution in [3.8, 4) is 0 Å². The molecule has 1 aromatic carbocycles.